The highest BCUT2D eigenvalue weighted by molar-refractivity contribution is 9.10. The number of methoxy groups -OCH3 is 1. The van der Waals surface area contributed by atoms with Crippen LogP contribution in [0.3, 0.4) is 0 Å². The molecule has 64 valence electrons. The van der Waals surface area contributed by atoms with Gasteiger partial charge in [-0.25, -0.2) is 4.98 Å². The highest BCUT2D eigenvalue weighted by atomic mass is 79.9. The van der Waals surface area contributed by atoms with Gasteiger partial charge in [0.1, 0.15) is 0 Å². The molecule has 0 aliphatic rings. The summed E-state index contributed by atoms with van der Waals surface area (Å²) >= 11 is 3.04. The van der Waals surface area contributed by atoms with Crippen LogP contribution in [0.5, 0.6) is 5.75 Å². The Morgan fingerprint density at radius 3 is 2.83 bits per heavy atom. The molecule has 0 fully saturated rings. The van der Waals surface area contributed by atoms with Gasteiger partial charge < -0.3 is 4.74 Å². The second-order valence-electron chi connectivity index (χ2n) is 1.91. The molecule has 0 unspecified atom stereocenters. The predicted octanol–water partition coefficient (Wildman–Crippen LogP) is 1.76. The Balaban J connectivity index is 3.27. The van der Waals surface area contributed by atoms with Gasteiger partial charge in [-0.15, -0.1) is 0 Å². The Hall–Kier alpha value is -1.17. The first kappa shape index (κ1) is 8.92. The van der Waals surface area contributed by atoms with E-state index in [0.717, 1.165) is 0 Å². The molecule has 1 aromatic heterocycles. The molecular weight excluding hydrogens is 228 g/mol. The number of rotatable bonds is 2. The first-order valence-electron chi connectivity index (χ1n) is 2.99. The number of aromatic nitrogens is 1. The van der Waals surface area contributed by atoms with Crippen molar-refractivity contribution < 1.29 is 9.66 Å². The van der Waals surface area contributed by atoms with Crippen LogP contribution in [0.4, 0.5) is 5.69 Å². The number of pyridine rings is 1. The standard InChI is InChI=1S/C6H5BrN2O3/c1-12-5-4(9(10)11)2-3-8-6(5)7/h2-3H,1H3. The molecule has 0 N–H and O–H groups in total. The fourth-order valence-electron chi connectivity index (χ4n) is 0.746. The lowest BCUT2D eigenvalue weighted by Crippen LogP contribution is -1.95. The lowest BCUT2D eigenvalue weighted by atomic mass is 10.4. The van der Waals surface area contributed by atoms with E-state index in [9.17, 15) is 10.1 Å². The summed E-state index contributed by atoms with van der Waals surface area (Å²) in [6.07, 6.45) is 1.34. The molecule has 12 heavy (non-hydrogen) atoms. The van der Waals surface area contributed by atoms with Crippen LogP contribution in [0.15, 0.2) is 16.9 Å². The minimum absolute atomic E-state index is 0.0978. The van der Waals surface area contributed by atoms with Crippen molar-refractivity contribution >= 4 is 21.6 Å². The summed E-state index contributed by atoms with van der Waals surface area (Å²) in [5.41, 5.74) is -0.0978. The maximum atomic E-state index is 10.4. The molecule has 0 spiro atoms. The predicted molar refractivity (Wildman–Crippen MR) is 45.1 cm³/mol. The van der Waals surface area contributed by atoms with Gasteiger partial charge in [0.25, 0.3) is 0 Å². The molecule has 0 aliphatic heterocycles. The fourth-order valence-corrected chi connectivity index (χ4v) is 1.23. The molecule has 0 atom stereocenters. The van der Waals surface area contributed by atoms with Crippen LogP contribution in [0, 0.1) is 10.1 Å². The number of hydrogen-bond donors (Lipinski definition) is 0. The first-order valence-corrected chi connectivity index (χ1v) is 3.79. The number of ether oxygens (including phenoxy) is 1. The smallest absolute Gasteiger partial charge is 0.315 e. The van der Waals surface area contributed by atoms with Crippen molar-refractivity contribution in [2.24, 2.45) is 0 Å². The van der Waals surface area contributed by atoms with E-state index in [-0.39, 0.29) is 11.4 Å². The third-order valence-electron chi connectivity index (χ3n) is 1.24. The minimum Gasteiger partial charge on any atom is -0.488 e. The molecule has 5 nitrogen and oxygen atoms in total. The van der Waals surface area contributed by atoms with Gasteiger partial charge in [-0.3, -0.25) is 10.1 Å². The lowest BCUT2D eigenvalue weighted by molar-refractivity contribution is -0.385. The number of nitrogens with zero attached hydrogens (tertiary/aromatic N) is 2. The second-order valence-corrected chi connectivity index (χ2v) is 2.66. The molecule has 0 bridgehead atoms. The molecule has 0 aromatic carbocycles. The second kappa shape index (κ2) is 3.48. The summed E-state index contributed by atoms with van der Waals surface area (Å²) in [6.45, 7) is 0. The van der Waals surface area contributed by atoms with E-state index in [0.29, 0.717) is 4.60 Å². The maximum Gasteiger partial charge on any atom is 0.315 e. The van der Waals surface area contributed by atoms with Crippen molar-refractivity contribution in [3.63, 3.8) is 0 Å². The monoisotopic (exact) mass is 232 g/mol. The van der Waals surface area contributed by atoms with E-state index in [1.165, 1.54) is 19.4 Å². The third-order valence-corrected chi connectivity index (χ3v) is 1.81. The molecule has 0 aliphatic carbocycles. The Labute approximate surface area is 76.7 Å². The van der Waals surface area contributed by atoms with Crippen LogP contribution >= 0.6 is 15.9 Å². The molecular formula is C6H5BrN2O3. The molecule has 0 saturated carbocycles. The van der Waals surface area contributed by atoms with Gasteiger partial charge in [-0.2, -0.15) is 0 Å². The molecule has 6 heteroatoms. The van der Waals surface area contributed by atoms with Gasteiger partial charge >= 0.3 is 5.69 Å². The summed E-state index contributed by atoms with van der Waals surface area (Å²) in [5, 5.41) is 10.4. The van der Waals surface area contributed by atoms with Crippen LogP contribution in [0.25, 0.3) is 0 Å². The van der Waals surface area contributed by atoms with Gasteiger partial charge in [0.15, 0.2) is 4.60 Å². The van der Waals surface area contributed by atoms with Gasteiger partial charge in [0.2, 0.25) is 5.75 Å². The summed E-state index contributed by atoms with van der Waals surface area (Å²) in [6, 6.07) is 1.28. The SMILES string of the molecule is COc1c([N+](=O)[O-])ccnc1Br. The van der Waals surface area contributed by atoms with Crippen molar-refractivity contribution in [3.8, 4) is 5.75 Å². The van der Waals surface area contributed by atoms with Crippen LogP contribution < -0.4 is 4.74 Å². The Morgan fingerprint density at radius 1 is 1.75 bits per heavy atom. The number of halogens is 1. The lowest BCUT2D eigenvalue weighted by Gasteiger charge is -2.01. The topological polar surface area (TPSA) is 65.3 Å². The van der Waals surface area contributed by atoms with Gasteiger partial charge in [-0.05, 0) is 15.9 Å². The quantitative estimate of drug-likeness (QED) is 0.443. The Morgan fingerprint density at radius 2 is 2.42 bits per heavy atom. The van der Waals surface area contributed by atoms with E-state index < -0.39 is 4.92 Å². The van der Waals surface area contributed by atoms with Gasteiger partial charge in [-0.1, -0.05) is 0 Å². The van der Waals surface area contributed by atoms with E-state index in [4.69, 9.17) is 4.74 Å². The van der Waals surface area contributed by atoms with Crippen LogP contribution in [-0.2, 0) is 0 Å². The summed E-state index contributed by atoms with van der Waals surface area (Å²) in [7, 11) is 1.36. The molecule has 0 radical (unpaired) electrons. The highest BCUT2D eigenvalue weighted by Crippen LogP contribution is 2.31. The van der Waals surface area contributed by atoms with Crippen molar-refractivity contribution in [2.75, 3.05) is 7.11 Å². The molecule has 1 rings (SSSR count). The Kier molecular flexibility index (Phi) is 2.59. The molecule has 1 aromatic rings. The highest BCUT2D eigenvalue weighted by Gasteiger charge is 2.17. The Bertz CT molecular complexity index is 316. The van der Waals surface area contributed by atoms with Crippen molar-refractivity contribution in [3.05, 3.63) is 27.0 Å². The summed E-state index contributed by atoms with van der Waals surface area (Å²) in [5.74, 6) is 0.141. The zero-order valence-electron chi connectivity index (χ0n) is 6.15. The van der Waals surface area contributed by atoms with E-state index in [2.05, 4.69) is 20.9 Å². The van der Waals surface area contributed by atoms with Crippen LogP contribution in [0.1, 0.15) is 0 Å². The number of hydrogen-bond acceptors (Lipinski definition) is 4. The maximum absolute atomic E-state index is 10.4. The normalized spacial score (nSPS) is 9.50. The number of nitro groups is 1. The van der Waals surface area contributed by atoms with Crippen LogP contribution in [-0.4, -0.2) is 17.0 Å². The van der Waals surface area contributed by atoms with Crippen molar-refractivity contribution in [2.45, 2.75) is 0 Å². The fraction of sp³-hybridized carbons (Fsp3) is 0.167. The zero-order valence-corrected chi connectivity index (χ0v) is 7.74. The summed E-state index contributed by atoms with van der Waals surface area (Å²) < 4.78 is 5.12. The van der Waals surface area contributed by atoms with Crippen molar-refractivity contribution in [1.29, 1.82) is 0 Å². The zero-order chi connectivity index (χ0) is 9.14. The molecule has 0 saturated heterocycles. The third kappa shape index (κ3) is 1.53. The van der Waals surface area contributed by atoms with Gasteiger partial charge in [0, 0.05) is 12.3 Å². The van der Waals surface area contributed by atoms with E-state index in [1.807, 2.05) is 0 Å². The average molecular weight is 233 g/mol. The molecule has 0 amide bonds. The average Bonchev–Trinajstić information content (AvgIpc) is 2.03. The van der Waals surface area contributed by atoms with Crippen LogP contribution in [0.2, 0.25) is 0 Å². The van der Waals surface area contributed by atoms with Gasteiger partial charge in [0.05, 0.1) is 12.0 Å². The van der Waals surface area contributed by atoms with Crippen molar-refractivity contribution in [1.82, 2.24) is 4.98 Å². The van der Waals surface area contributed by atoms with E-state index >= 15 is 0 Å². The van der Waals surface area contributed by atoms with E-state index in [1.54, 1.807) is 0 Å². The molecule has 1 heterocycles. The first-order chi connectivity index (χ1) is 5.66. The minimum atomic E-state index is -0.523. The largest absolute Gasteiger partial charge is 0.488 e. The summed E-state index contributed by atoms with van der Waals surface area (Å²) in [4.78, 5) is 13.7.